The van der Waals surface area contributed by atoms with E-state index in [0.717, 1.165) is 0 Å². The summed E-state index contributed by atoms with van der Waals surface area (Å²) in [7, 11) is 0. The van der Waals surface area contributed by atoms with E-state index in [2.05, 4.69) is 4.72 Å². The van der Waals surface area contributed by atoms with Crippen LogP contribution in [0.25, 0.3) is 0 Å². The number of halogens is 3. The van der Waals surface area contributed by atoms with Crippen molar-refractivity contribution in [1.29, 1.82) is 5.26 Å². The Morgan fingerprint density at radius 2 is 1.70 bits per heavy atom. The first-order valence-electron chi connectivity index (χ1n) is 6.70. The first-order chi connectivity index (χ1) is 9.05. The summed E-state index contributed by atoms with van der Waals surface area (Å²) in [6.45, 7) is 5.35. The highest BCUT2D eigenvalue weighted by molar-refractivity contribution is 7.90. The fraction of sp³-hybridized carbons (Fsp3) is 0.923. The number of rotatable bonds is 3. The molecule has 3 nitrogen and oxygen atoms in total. The molecule has 0 spiro atoms. The maximum absolute atomic E-state index is 12.6. The van der Waals surface area contributed by atoms with Crippen molar-refractivity contribution in [3.8, 4) is 6.07 Å². The van der Waals surface area contributed by atoms with E-state index in [1.165, 1.54) is 0 Å². The quantitative estimate of drug-likeness (QED) is 0.814. The van der Waals surface area contributed by atoms with Crippen LogP contribution in [0.1, 0.15) is 46.5 Å². The summed E-state index contributed by atoms with van der Waals surface area (Å²) in [5.74, 6) is -1.42. The minimum absolute atomic E-state index is 0.0518. The summed E-state index contributed by atoms with van der Waals surface area (Å²) in [5, 5.41) is 9.15. The number of nitriles is 1. The van der Waals surface area contributed by atoms with E-state index < -0.39 is 34.2 Å². The van der Waals surface area contributed by atoms with Crippen LogP contribution in [-0.4, -0.2) is 21.5 Å². The predicted molar refractivity (Wildman–Crippen MR) is 71.9 cm³/mol. The molecule has 1 aliphatic carbocycles. The molecule has 2 atom stereocenters. The van der Waals surface area contributed by atoms with Crippen molar-refractivity contribution in [2.45, 2.75) is 63.4 Å². The molecule has 0 heterocycles. The van der Waals surface area contributed by atoms with Gasteiger partial charge in [0.05, 0.1) is 12.0 Å². The van der Waals surface area contributed by atoms with Gasteiger partial charge in [-0.05, 0) is 52.4 Å². The molecule has 1 unspecified atom stereocenters. The van der Waals surface area contributed by atoms with Gasteiger partial charge < -0.3 is 4.55 Å². The molecular weight excluding hydrogens is 289 g/mol. The fourth-order valence-electron chi connectivity index (χ4n) is 2.30. The van der Waals surface area contributed by atoms with Gasteiger partial charge in [-0.15, -0.1) is 4.72 Å². The van der Waals surface area contributed by atoms with Crippen LogP contribution in [0.4, 0.5) is 13.2 Å². The molecule has 0 amide bonds. The molecule has 0 aliphatic heterocycles. The molecule has 20 heavy (non-hydrogen) atoms. The van der Waals surface area contributed by atoms with Gasteiger partial charge in [-0.1, -0.05) is 0 Å². The summed E-state index contributed by atoms with van der Waals surface area (Å²) in [6.07, 6.45) is -3.35. The highest BCUT2D eigenvalue weighted by Crippen LogP contribution is 2.40. The zero-order chi connectivity index (χ0) is 15.6. The fourth-order valence-corrected chi connectivity index (χ4v) is 3.13. The van der Waals surface area contributed by atoms with Crippen molar-refractivity contribution in [2.75, 3.05) is 0 Å². The van der Waals surface area contributed by atoms with Gasteiger partial charge >= 0.3 is 6.18 Å². The molecule has 1 aliphatic rings. The van der Waals surface area contributed by atoms with Crippen LogP contribution in [0.15, 0.2) is 0 Å². The number of hydrogen-bond donors (Lipinski definition) is 1. The third-order valence-electron chi connectivity index (χ3n) is 3.64. The molecule has 1 saturated carbocycles. The Hall–Kier alpha value is -0.450. The lowest BCUT2D eigenvalue weighted by atomic mass is 9.79. The van der Waals surface area contributed by atoms with Crippen LogP contribution in [-0.2, 0) is 11.4 Å². The van der Waals surface area contributed by atoms with Gasteiger partial charge in [-0.3, -0.25) is 0 Å². The maximum atomic E-state index is 12.6. The highest BCUT2D eigenvalue weighted by atomic mass is 32.2. The molecule has 0 aromatic carbocycles. The SMILES string of the molecule is CC(C)(C)[S+]([O-])N[C@H](C#N)[C@H]1CC[C@H](C(F)(F)F)CC1. The van der Waals surface area contributed by atoms with Gasteiger partial charge in [-0.2, -0.15) is 18.4 Å². The van der Waals surface area contributed by atoms with E-state index in [4.69, 9.17) is 5.26 Å². The normalized spacial score (nSPS) is 27.7. The first kappa shape index (κ1) is 17.6. The van der Waals surface area contributed by atoms with E-state index >= 15 is 0 Å². The van der Waals surface area contributed by atoms with Crippen molar-refractivity contribution >= 4 is 11.4 Å². The molecule has 0 saturated heterocycles. The third-order valence-corrected chi connectivity index (χ3v) is 5.22. The number of nitrogens with zero attached hydrogens (tertiary/aromatic N) is 1. The molecule has 0 bridgehead atoms. The predicted octanol–water partition coefficient (Wildman–Crippen LogP) is 3.30. The summed E-state index contributed by atoms with van der Waals surface area (Å²) in [6, 6.07) is 1.39. The topological polar surface area (TPSA) is 58.9 Å². The van der Waals surface area contributed by atoms with Crippen LogP contribution < -0.4 is 4.72 Å². The van der Waals surface area contributed by atoms with Crippen molar-refractivity contribution < 1.29 is 17.7 Å². The zero-order valence-corrected chi connectivity index (χ0v) is 12.8. The Bertz CT molecular complexity index is 354. The lowest BCUT2D eigenvalue weighted by molar-refractivity contribution is -0.184. The van der Waals surface area contributed by atoms with Crippen LogP contribution in [0.5, 0.6) is 0 Å². The highest BCUT2D eigenvalue weighted by Gasteiger charge is 2.43. The van der Waals surface area contributed by atoms with Crippen LogP contribution >= 0.6 is 0 Å². The van der Waals surface area contributed by atoms with E-state index in [0.29, 0.717) is 12.8 Å². The molecule has 116 valence electrons. The van der Waals surface area contributed by atoms with Crippen LogP contribution in [0, 0.1) is 23.2 Å². The largest absolute Gasteiger partial charge is 0.598 e. The maximum Gasteiger partial charge on any atom is 0.391 e. The lowest BCUT2D eigenvalue weighted by Crippen LogP contribution is -2.47. The van der Waals surface area contributed by atoms with Gasteiger partial charge in [0.15, 0.2) is 0 Å². The van der Waals surface area contributed by atoms with Gasteiger partial charge in [-0.25, -0.2) is 0 Å². The second kappa shape index (κ2) is 6.54. The van der Waals surface area contributed by atoms with E-state index in [1.54, 1.807) is 20.8 Å². The van der Waals surface area contributed by atoms with Crippen molar-refractivity contribution in [1.82, 2.24) is 4.72 Å². The van der Waals surface area contributed by atoms with Gasteiger partial charge in [0.1, 0.15) is 10.8 Å². The van der Waals surface area contributed by atoms with E-state index in [9.17, 15) is 17.7 Å². The summed E-state index contributed by atoms with van der Waals surface area (Å²) < 4.78 is 52.0. The molecule has 1 rings (SSSR count). The summed E-state index contributed by atoms with van der Waals surface area (Å²) in [4.78, 5) is 0. The Morgan fingerprint density at radius 3 is 2.05 bits per heavy atom. The lowest BCUT2D eigenvalue weighted by Gasteiger charge is -2.33. The number of hydrogen-bond acceptors (Lipinski definition) is 3. The Balaban J connectivity index is 2.56. The summed E-state index contributed by atoms with van der Waals surface area (Å²) >= 11 is -1.39. The van der Waals surface area contributed by atoms with Gasteiger partial charge in [0.25, 0.3) is 0 Å². The molecule has 1 N–H and O–H groups in total. The monoisotopic (exact) mass is 310 g/mol. The molecule has 1 fully saturated rings. The Kier molecular flexibility index (Phi) is 5.76. The second-order valence-electron chi connectivity index (χ2n) is 6.26. The van der Waals surface area contributed by atoms with Crippen molar-refractivity contribution in [3.63, 3.8) is 0 Å². The third kappa shape index (κ3) is 4.83. The number of nitrogens with one attached hydrogen (secondary N) is 1. The molecule has 0 radical (unpaired) electrons. The molecule has 0 aromatic rings. The van der Waals surface area contributed by atoms with Crippen molar-refractivity contribution in [2.24, 2.45) is 11.8 Å². The second-order valence-corrected chi connectivity index (χ2v) is 8.26. The van der Waals surface area contributed by atoms with Crippen LogP contribution in [0.2, 0.25) is 0 Å². The molecule has 0 aromatic heterocycles. The minimum Gasteiger partial charge on any atom is -0.598 e. The zero-order valence-electron chi connectivity index (χ0n) is 12.0. The Morgan fingerprint density at radius 1 is 1.20 bits per heavy atom. The molecular formula is C13H21F3N2OS. The van der Waals surface area contributed by atoms with Gasteiger partial charge in [0.2, 0.25) is 0 Å². The van der Waals surface area contributed by atoms with Gasteiger partial charge in [0, 0.05) is 11.4 Å². The number of alkyl halides is 3. The molecule has 7 heteroatoms. The van der Waals surface area contributed by atoms with E-state index in [-0.39, 0.29) is 18.8 Å². The first-order valence-corrected chi connectivity index (χ1v) is 7.85. The average molecular weight is 310 g/mol. The average Bonchev–Trinajstić information content (AvgIpc) is 2.33. The standard InChI is InChI=1S/C13H21F3N2OS/c1-12(2,3)20(19)18-11(8-17)9-4-6-10(7-5-9)13(14,15)16/h9-11,18H,4-7H2,1-3H3/t9-,10-,11-,20?/m1/s1. The van der Waals surface area contributed by atoms with Crippen molar-refractivity contribution in [3.05, 3.63) is 0 Å². The Labute approximate surface area is 121 Å². The summed E-state index contributed by atoms with van der Waals surface area (Å²) in [5.41, 5.74) is 0. The van der Waals surface area contributed by atoms with Crippen LogP contribution in [0.3, 0.4) is 0 Å². The minimum atomic E-state index is -4.14. The smallest absolute Gasteiger partial charge is 0.391 e. The van der Waals surface area contributed by atoms with E-state index in [1.807, 2.05) is 6.07 Å².